The maximum atomic E-state index is 12.9. The third-order valence-electron chi connectivity index (χ3n) is 3.71. The van der Waals surface area contributed by atoms with Gasteiger partial charge in [-0.05, 0) is 38.5 Å². The van der Waals surface area contributed by atoms with Crippen molar-refractivity contribution in [2.24, 2.45) is 0 Å². The van der Waals surface area contributed by atoms with Gasteiger partial charge in [0.2, 0.25) is 15.9 Å². The molecule has 1 aromatic rings. The van der Waals surface area contributed by atoms with Crippen LogP contribution in [0.3, 0.4) is 0 Å². The van der Waals surface area contributed by atoms with Gasteiger partial charge in [-0.3, -0.25) is 4.79 Å². The molecule has 7 heteroatoms. The van der Waals surface area contributed by atoms with Gasteiger partial charge in [0.15, 0.2) is 0 Å². The molecule has 0 aromatic heterocycles. The van der Waals surface area contributed by atoms with E-state index in [0.717, 1.165) is 9.87 Å². The molecule has 0 aliphatic rings. The molecule has 1 rings (SSSR count). The van der Waals surface area contributed by atoms with Gasteiger partial charge in [0.25, 0.3) is 0 Å². The highest BCUT2D eigenvalue weighted by molar-refractivity contribution is 7.89. The highest BCUT2D eigenvalue weighted by Crippen LogP contribution is 2.19. The summed E-state index contributed by atoms with van der Waals surface area (Å²) >= 11 is 0. The number of hydrogen-bond acceptors (Lipinski definition) is 3. The molecule has 1 aromatic carbocycles. The first-order chi connectivity index (χ1) is 10.1. The van der Waals surface area contributed by atoms with E-state index in [1.165, 1.54) is 24.1 Å². The van der Waals surface area contributed by atoms with E-state index in [-0.39, 0.29) is 24.3 Å². The van der Waals surface area contributed by atoms with E-state index in [2.05, 4.69) is 0 Å². The Bertz CT molecular complexity index is 614. The number of carbonyl (C=O) groups is 1. The van der Waals surface area contributed by atoms with Crippen molar-refractivity contribution >= 4 is 15.9 Å². The fraction of sp³-hybridized carbons (Fsp3) is 0.533. The van der Waals surface area contributed by atoms with Gasteiger partial charge >= 0.3 is 0 Å². The van der Waals surface area contributed by atoms with Crippen LogP contribution in [0.5, 0.6) is 0 Å². The second kappa shape index (κ2) is 7.19. The average molecular weight is 330 g/mol. The summed E-state index contributed by atoms with van der Waals surface area (Å²) in [6.45, 7) is 4.73. The molecule has 1 atom stereocenters. The SMILES string of the molecule is CC(C)S(=O)(=O)N(C)CC(=O)N(C)[C@@H](C)c1ccc(F)cc1. The van der Waals surface area contributed by atoms with Gasteiger partial charge in [0.1, 0.15) is 5.82 Å². The molecule has 0 radical (unpaired) electrons. The maximum Gasteiger partial charge on any atom is 0.238 e. The van der Waals surface area contributed by atoms with E-state index in [4.69, 9.17) is 0 Å². The Balaban J connectivity index is 2.79. The molecule has 0 bridgehead atoms. The summed E-state index contributed by atoms with van der Waals surface area (Å²) in [6.07, 6.45) is 0. The molecule has 1 amide bonds. The Morgan fingerprint density at radius 3 is 2.09 bits per heavy atom. The van der Waals surface area contributed by atoms with Crippen LogP contribution in [0.25, 0.3) is 0 Å². The largest absolute Gasteiger partial charge is 0.338 e. The highest BCUT2D eigenvalue weighted by Gasteiger charge is 2.26. The van der Waals surface area contributed by atoms with Crippen LogP contribution in [0.15, 0.2) is 24.3 Å². The molecule has 0 aliphatic carbocycles. The zero-order valence-corrected chi connectivity index (χ0v) is 14.4. The van der Waals surface area contributed by atoms with Crippen LogP contribution >= 0.6 is 0 Å². The molecule has 0 spiro atoms. The van der Waals surface area contributed by atoms with Gasteiger partial charge in [-0.2, -0.15) is 4.31 Å². The second-order valence-electron chi connectivity index (χ2n) is 5.58. The number of amides is 1. The molecule has 22 heavy (non-hydrogen) atoms. The van der Waals surface area contributed by atoms with Crippen LogP contribution in [0, 0.1) is 5.82 Å². The quantitative estimate of drug-likeness (QED) is 0.802. The molecule has 0 saturated carbocycles. The Morgan fingerprint density at radius 1 is 1.14 bits per heavy atom. The maximum absolute atomic E-state index is 12.9. The minimum absolute atomic E-state index is 0.220. The first kappa shape index (κ1) is 18.6. The lowest BCUT2D eigenvalue weighted by atomic mass is 10.1. The van der Waals surface area contributed by atoms with Gasteiger partial charge in [-0.25, -0.2) is 12.8 Å². The Hall–Kier alpha value is -1.47. The predicted octanol–water partition coefficient (Wildman–Crippen LogP) is 2.02. The smallest absolute Gasteiger partial charge is 0.238 e. The number of benzene rings is 1. The van der Waals surface area contributed by atoms with E-state index in [1.807, 2.05) is 6.92 Å². The summed E-state index contributed by atoms with van der Waals surface area (Å²) in [6, 6.07) is 5.61. The Labute approximate surface area is 131 Å². The zero-order chi connectivity index (χ0) is 17.1. The standard InChI is InChI=1S/C15H23FN2O3S/c1-11(2)22(20,21)17(4)10-15(19)18(5)12(3)13-6-8-14(16)9-7-13/h6-9,11-12H,10H2,1-5H3/t12-/m0/s1. The van der Waals surface area contributed by atoms with E-state index in [0.29, 0.717) is 0 Å². The average Bonchev–Trinajstić information content (AvgIpc) is 2.46. The van der Waals surface area contributed by atoms with Crippen molar-refractivity contribution in [2.75, 3.05) is 20.6 Å². The molecule has 0 N–H and O–H groups in total. The van der Waals surface area contributed by atoms with Gasteiger partial charge < -0.3 is 4.90 Å². The number of halogens is 1. The van der Waals surface area contributed by atoms with Gasteiger partial charge in [0.05, 0.1) is 17.8 Å². The van der Waals surface area contributed by atoms with Gasteiger partial charge in [-0.1, -0.05) is 12.1 Å². The number of rotatable bonds is 6. The van der Waals surface area contributed by atoms with Crippen molar-refractivity contribution in [1.29, 1.82) is 0 Å². The molecule has 0 saturated heterocycles. The van der Waals surface area contributed by atoms with Crippen molar-refractivity contribution < 1.29 is 17.6 Å². The summed E-state index contributed by atoms with van der Waals surface area (Å²) in [4.78, 5) is 13.7. The Kier molecular flexibility index (Phi) is 6.08. The lowest BCUT2D eigenvalue weighted by Crippen LogP contribution is -2.42. The van der Waals surface area contributed by atoms with Gasteiger partial charge in [-0.15, -0.1) is 0 Å². The monoisotopic (exact) mass is 330 g/mol. The molecule has 0 unspecified atom stereocenters. The third-order valence-corrected chi connectivity index (χ3v) is 5.90. The fourth-order valence-corrected chi connectivity index (χ4v) is 2.94. The summed E-state index contributed by atoms with van der Waals surface area (Å²) in [7, 11) is -0.469. The number of carbonyl (C=O) groups excluding carboxylic acids is 1. The van der Waals surface area contributed by atoms with Crippen molar-refractivity contribution in [2.45, 2.75) is 32.1 Å². The van der Waals surface area contributed by atoms with Crippen LogP contribution in [-0.4, -0.2) is 49.4 Å². The number of likely N-dealkylation sites (N-methyl/N-ethyl adjacent to an activating group) is 2. The van der Waals surface area contributed by atoms with Crippen molar-refractivity contribution in [3.63, 3.8) is 0 Å². The molecular weight excluding hydrogens is 307 g/mol. The van der Waals surface area contributed by atoms with E-state index in [9.17, 15) is 17.6 Å². The van der Waals surface area contributed by atoms with Crippen LogP contribution in [0.4, 0.5) is 4.39 Å². The van der Waals surface area contributed by atoms with E-state index < -0.39 is 15.3 Å². The number of nitrogens with zero attached hydrogens (tertiary/aromatic N) is 2. The van der Waals surface area contributed by atoms with Crippen molar-refractivity contribution in [3.8, 4) is 0 Å². The molecule has 5 nitrogen and oxygen atoms in total. The van der Waals surface area contributed by atoms with Crippen molar-refractivity contribution in [1.82, 2.24) is 9.21 Å². The lowest BCUT2D eigenvalue weighted by molar-refractivity contribution is -0.131. The van der Waals surface area contributed by atoms with Crippen LogP contribution < -0.4 is 0 Å². The lowest BCUT2D eigenvalue weighted by Gasteiger charge is -2.28. The summed E-state index contributed by atoms with van der Waals surface area (Å²) < 4.78 is 38.0. The van der Waals surface area contributed by atoms with Crippen LogP contribution in [0.2, 0.25) is 0 Å². The molecular formula is C15H23FN2O3S. The molecule has 0 aliphatic heterocycles. The zero-order valence-electron chi connectivity index (χ0n) is 13.6. The summed E-state index contributed by atoms with van der Waals surface area (Å²) in [5, 5.41) is -0.579. The van der Waals surface area contributed by atoms with Crippen LogP contribution in [0.1, 0.15) is 32.4 Å². The number of hydrogen-bond donors (Lipinski definition) is 0. The van der Waals surface area contributed by atoms with E-state index >= 15 is 0 Å². The summed E-state index contributed by atoms with van der Waals surface area (Å²) in [5.41, 5.74) is 0.784. The predicted molar refractivity (Wildman–Crippen MR) is 84.3 cm³/mol. The first-order valence-electron chi connectivity index (χ1n) is 7.03. The van der Waals surface area contributed by atoms with Gasteiger partial charge in [0, 0.05) is 14.1 Å². The molecule has 0 fully saturated rings. The Morgan fingerprint density at radius 2 is 1.64 bits per heavy atom. The fourth-order valence-electron chi connectivity index (χ4n) is 1.93. The van der Waals surface area contributed by atoms with Crippen molar-refractivity contribution in [3.05, 3.63) is 35.6 Å². The molecule has 0 heterocycles. The third kappa shape index (κ3) is 4.27. The number of sulfonamides is 1. The highest BCUT2D eigenvalue weighted by atomic mass is 32.2. The minimum atomic E-state index is -3.47. The topological polar surface area (TPSA) is 57.7 Å². The normalized spacial score (nSPS) is 13.5. The second-order valence-corrected chi connectivity index (χ2v) is 8.18. The van der Waals surface area contributed by atoms with Crippen LogP contribution in [-0.2, 0) is 14.8 Å². The summed E-state index contributed by atoms with van der Waals surface area (Å²) in [5.74, 6) is -0.656. The minimum Gasteiger partial charge on any atom is -0.338 e. The molecule has 124 valence electrons. The first-order valence-corrected chi connectivity index (χ1v) is 8.54. The van der Waals surface area contributed by atoms with E-state index in [1.54, 1.807) is 33.0 Å².